The van der Waals surface area contributed by atoms with E-state index in [0.717, 1.165) is 12.5 Å². The summed E-state index contributed by atoms with van der Waals surface area (Å²) < 4.78 is 13.5. The number of benzene rings is 1. The molecule has 1 fully saturated rings. The van der Waals surface area contributed by atoms with Gasteiger partial charge in [-0.1, -0.05) is 26.2 Å². The van der Waals surface area contributed by atoms with E-state index in [1.807, 2.05) is 0 Å². The largest absolute Gasteiger partial charge is 0.478 e. The van der Waals surface area contributed by atoms with Gasteiger partial charge in [-0.05, 0) is 42.9 Å². The normalized spacial score (nSPS) is 22.5. The second-order valence-corrected chi connectivity index (χ2v) is 5.68. The van der Waals surface area contributed by atoms with E-state index in [0.29, 0.717) is 11.6 Å². The topological polar surface area (TPSA) is 49.3 Å². The van der Waals surface area contributed by atoms with Crippen molar-refractivity contribution < 1.29 is 14.3 Å². The average Bonchev–Trinajstić information content (AvgIpc) is 2.45. The molecule has 0 atom stereocenters. The van der Waals surface area contributed by atoms with E-state index in [9.17, 15) is 9.18 Å². The van der Waals surface area contributed by atoms with E-state index >= 15 is 0 Å². The fraction of sp³-hybridized carbons (Fsp3) is 0.562. The van der Waals surface area contributed by atoms with Crippen molar-refractivity contribution in [2.45, 2.75) is 39.0 Å². The summed E-state index contributed by atoms with van der Waals surface area (Å²) in [5, 5.41) is 12.0. The van der Waals surface area contributed by atoms with E-state index in [4.69, 9.17) is 5.11 Å². The van der Waals surface area contributed by atoms with Crippen LogP contribution >= 0.6 is 0 Å². The lowest BCUT2D eigenvalue weighted by Gasteiger charge is -2.28. The van der Waals surface area contributed by atoms with E-state index < -0.39 is 11.8 Å². The van der Waals surface area contributed by atoms with E-state index in [1.54, 1.807) is 6.07 Å². The molecule has 20 heavy (non-hydrogen) atoms. The quantitative estimate of drug-likeness (QED) is 0.851. The Bertz CT molecular complexity index is 468. The molecule has 0 radical (unpaired) electrons. The number of carbonyl (C=O) groups is 1. The third kappa shape index (κ3) is 3.71. The summed E-state index contributed by atoms with van der Waals surface area (Å²) >= 11 is 0. The molecule has 1 saturated carbocycles. The molecule has 0 bridgehead atoms. The molecule has 1 aromatic carbocycles. The van der Waals surface area contributed by atoms with Crippen LogP contribution in [0.5, 0.6) is 0 Å². The summed E-state index contributed by atoms with van der Waals surface area (Å²) in [5.41, 5.74) is 0.379. The predicted molar refractivity (Wildman–Crippen MR) is 77.6 cm³/mol. The Hall–Kier alpha value is -1.58. The van der Waals surface area contributed by atoms with Gasteiger partial charge in [0.2, 0.25) is 0 Å². The minimum absolute atomic E-state index is 0.279. The smallest absolute Gasteiger partial charge is 0.338 e. The van der Waals surface area contributed by atoms with Gasteiger partial charge >= 0.3 is 5.97 Å². The second-order valence-electron chi connectivity index (χ2n) is 5.68. The fourth-order valence-electron chi connectivity index (χ4n) is 2.90. The Morgan fingerprint density at radius 2 is 1.95 bits per heavy atom. The summed E-state index contributed by atoms with van der Waals surface area (Å²) in [7, 11) is 0. The minimum Gasteiger partial charge on any atom is -0.478 e. The van der Waals surface area contributed by atoms with Gasteiger partial charge in [0, 0.05) is 12.2 Å². The highest BCUT2D eigenvalue weighted by atomic mass is 19.1. The van der Waals surface area contributed by atoms with Crippen LogP contribution in [0.2, 0.25) is 0 Å². The van der Waals surface area contributed by atoms with Crippen LogP contribution in [-0.4, -0.2) is 17.6 Å². The van der Waals surface area contributed by atoms with Gasteiger partial charge in [0.15, 0.2) is 0 Å². The molecule has 0 unspecified atom stereocenters. The predicted octanol–water partition coefficient (Wildman–Crippen LogP) is 4.15. The lowest BCUT2D eigenvalue weighted by molar-refractivity contribution is 0.0692. The highest BCUT2D eigenvalue weighted by Crippen LogP contribution is 2.30. The first-order valence-corrected chi connectivity index (χ1v) is 7.36. The summed E-state index contributed by atoms with van der Waals surface area (Å²) in [6.45, 7) is 3.08. The highest BCUT2D eigenvalue weighted by Gasteiger charge is 2.19. The number of carboxylic acid groups (broad SMARTS) is 1. The molecule has 110 valence electrons. The highest BCUT2D eigenvalue weighted by molar-refractivity contribution is 5.88. The number of anilines is 1. The van der Waals surface area contributed by atoms with Crippen molar-refractivity contribution in [3.63, 3.8) is 0 Å². The lowest BCUT2D eigenvalue weighted by Crippen LogP contribution is -2.21. The lowest BCUT2D eigenvalue weighted by atomic mass is 9.81. The first-order chi connectivity index (χ1) is 9.60. The van der Waals surface area contributed by atoms with Crippen molar-refractivity contribution in [2.75, 3.05) is 11.9 Å². The summed E-state index contributed by atoms with van der Waals surface area (Å²) in [4.78, 5) is 10.7. The van der Waals surface area contributed by atoms with Gasteiger partial charge in [0.1, 0.15) is 5.82 Å². The Morgan fingerprint density at radius 3 is 2.50 bits per heavy atom. The van der Waals surface area contributed by atoms with Crippen molar-refractivity contribution in [3.8, 4) is 0 Å². The van der Waals surface area contributed by atoms with Crippen molar-refractivity contribution >= 4 is 11.7 Å². The van der Waals surface area contributed by atoms with Gasteiger partial charge in [-0.3, -0.25) is 0 Å². The molecule has 2 rings (SSSR count). The maximum absolute atomic E-state index is 13.5. The van der Waals surface area contributed by atoms with Crippen molar-refractivity contribution in [2.24, 2.45) is 11.8 Å². The molecule has 0 aliphatic heterocycles. The van der Waals surface area contributed by atoms with Gasteiger partial charge in [0.25, 0.3) is 0 Å². The Morgan fingerprint density at radius 1 is 1.30 bits per heavy atom. The standard InChI is InChI=1S/C16H22FNO2/c1-2-11-3-5-12(6-4-11)10-18-13-7-8-14(16(19)20)15(17)9-13/h7-9,11-12,18H,2-6,10H2,1H3,(H,19,20). The number of aromatic carboxylic acids is 1. The van der Waals surface area contributed by atoms with Gasteiger partial charge in [-0.25, -0.2) is 9.18 Å². The number of rotatable bonds is 5. The van der Waals surface area contributed by atoms with Crippen LogP contribution in [0.1, 0.15) is 49.4 Å². The molecule has 1 aliphatic carbocycles. The van der Waals surface area contributed by atoms with Gasteiger partial charge in [0.05, 0.1) is 5.56 Å². The first-order valence-electron chi connectivity index (χ1n) is 7.36. The van der Waals surface area contributed by atoms with Gasteiger partial charge in [-0.15, -0.1) is 0 Å². The van der Waals surface area contributed by atoms with Crippen LogP contribution in [0, 0.1) is 17.7 Å². The Kier molecular flexibility index (Phi) is 4.99. The number of hydrogen-bond donors (Lipinski definition) is 2. The molecular weight excluding hydrogens is 257 g/mol. The zero-order valence-corrected chi connectivity index (χ0v) is 11.9. The Labute approximate surface area is 119 Å². The maximum Gasteiger partial charge on any atom is 0.338 e. The molecule has 0 spiro atoms. The number of carboxylic acids is 1. The number of hydrogen-bond acceptors (Lipinski definition) is 2. The van der Waals surface area contributed by atoms with Crippen LogP contribution < -0.4 is 5.32 Å². The SMILES string of the molecule is CCC1CCC(CNc2ccc(C(=O)O)c(F)c2)CC1. The van der Waals surface area contributed by atoms with E-state index in [2.05, 4.69) is 12.2 Å². The van der Waals surface area contributed by atoms with Crippen LogP contribution in [0.15, 0.2) is 18.2 Å². The maximum atomic E-state index is 13.5. The molecule has 4 heteroatoms. The summed E-state index contributed by atoms with van der Waals surface area (Å²) in [6, 6.07) is 4.21. The van der Waals surface area contributed by atoms with Crippen molar-refractivity contribution in [1.29, 1.82) is 0 Å². The second kappa shape index (κ2) is 6.73. The third-order valence-corrected chi connectivity index (χ3v) is 4.34. The Balaban J connectivity index is 1.85. The molecule has 0 saturated heterocycles. The molecule has 2 N–H and O–H groups in total. The van der Waals surface area contributed by atoms with Crippen molar-refractivity contribution in [3.05, 3.63) is 29.6 Å². The van der Waals surface area contributed by atoms with E-state index in [1.165, 1.54) is 44.2 Å². The van der Waals surface area contributed by atoms with Crippen LogP contribution in [0.3, 0.4) is 0 Å². The van der Waals surface area contributed by atoms with E-state index in [-0.39, 0.29) is 5.56 Å². The molecule has 1 aromatic rings. The zero-order valence-electron chi connectivity index (χ0n) is 11.9. The molecule has 0 amide bonds. The van der Waals surface area contributed by atoms with Gasteiger partial charge < -0.3 is 10.4 Å². The molecule has 1 aliphatic rings. The fourth-order valence-corrected chi connectivity index (χ4v) is 2.90. The average molecular weight is 279 g/mol. The third-order valence-electron chi connectivity index (χ3n) is 4.34. The first kappa shape index (κ1) is 14.8. The minimum atomic E-state index is -1.23. The van der Waals surface area contributed by atoms with Crippen LogP contribution in [0.4, 0.5) is 10.1 Å². The van der Waals surface area contributed by atoms with Crippen LogP contribution in [-0.2, 0) is 0 Å². The molecule has 3 nitrogen and oxygen atoms in total. The molecular formula is C16H22FNO2. The number of nitrogens with one attached hydrogen (secondary N) is 1. The van der Waals surface area contributed by atoms with Crippen molar-refractivity contribution in [1.82, 2.24) is 0 Å². The van der Waals surface area contributed by atoms with Gasteiger partial charge in [-0.2, -0.15) is 0 Å². The van der Waals surface area contributed by atoms with Crippen LogP contribution in [0.25, 0.3) is 0 Å². The molecule has 0 aromatic heterocycles. The summed E-state index contributed by atoms with van der Waals surface area (Å²) in [5.74, 6) is -0.400. The monoisotopic (exact) mass is 279 g/mol. The number of halogens is 1. The summed E-state index contributed by atoms with van der Waals surface area (Å²) in [6.07, 6.45) is 6.29. The molecule has 0 heterocycles. The zero-order chi connectivity index (χ0) is 14.5.